The molecule has 3 rings (SSSR count). The van der Waals surface area contributed by atoms with Crippen molar-refractivity contribution in [2.24, 2.45) is 23.7 Å². The largest absolute Gasteiger partial charge is 0.0677 e. The molecule has 2 aliphatic heterocycles. The van der Waals surface area contributed by atoms with Crippen molar-refractivity contribution in [2.45, 2.75) is 90.9 Å². The molecular formula is C24H40P2. The molecule has 26 heavy (non-hydrogen) atoms. The van der Waals surface area contributed by atoms with Crippen LogP contribution in [0.15, 0.2) is 24.3 Å². The number of hydrogen-bond acceptors (Lipinski definition) is 0. The average molecular weight is 391 g/mol. The van der Waals surface area contributed by atoms with Gasteiger partial charge in [-0.3, -0.25) is 0 Å². The Kier molecular flexibility index (Phi) is 6.57. The van der Waals surface area contributed by atoms with Gasteiger partial charge in [-0.05, 0) is 69.8 Å². The molecule has 1 aromatic rings. The van der Waals surface area contributed by atoms with Crippen LogP contribution in [0, 0.1) is 23.7 Å². The van der Waals surface area contributed by atoms with E-state index in [-0.39, 0.29) is 15.8 Å². The van der Waals surface area contributed by atoms with Crippen molar-refractivity contribution < 1.29 is 0 Å². The predicted molar refractivity (Wildman–Crippen MR) is 123 cm³/mol. The molecule has 0 aromatic heterocycles. The van der Waals surface area contributed by atoms with E-state index in [1.807, 2.05) is 10.6 Å². The highest BCUT2D eigenvalue weighted by atomic mass is 31.1. The van der Waals surface area contributed by atoms with Crippen LogP contribution in [0.5, 0.6) is 0 Å². The summed E-state index contributed by atoms with van der Waals surface area (Å²) in [5.74, 6) is 3.33. The van der Waals surface area contributed by atoms with E-state index in [0.29, 0.717) is 0 Å². The molecule has 0 spiro atoms. The van der Waals surface area contributed by atoms with Crippen molar-refractivity contribution in [1.29, 1.82) is 0 Å². The minimum Gasteiger partial charge on any atom is -0.0677 e. The van der Waals surface area contributed by atoms with Gasteiger partial charge in [0.15, 0.2) is 0 Å². The van der Waals surface area contributed by atoms with Gasteiger partial charge in [-0.15, -0.1) is 0 Å². The van der Waals surface area contributed by atoms with Gasteiger partial charge in [-0.1, -0.05) is 95.5 Å². The van der Waals surface area contributed by atoms with Crippen molar-refractivity contribution in [2.75, 3.05) is 0 Å². The van der Waals surface area contributed by atoms with Gasteiger partial charge in [0.1, 0.15) is 0 Å². The van der Waals surface area contributed by atoms with E-state index in [4.69, 9.17) is 0 Å². The standard InChI is InChI=1S/C24H40P2/c1-15(2)21-13-22(16(3)4)25(21)19-11-9-10-12-20(19)26-23(17(5)6)14-24(26)18(7)8/h9-12,15-18,21-24H,13-14H2,1-8H3. The maximum atomic E-state index is 2.54. The lowest BCUT2D eigenvalue weighted by atomic mass is 9.98. The molecule has 2 aliphatic rings. The van der Waals surface area contributed by atoms with Gasteiger partial charge in [0.25, 0.3) is 0 Å². The lowest BCUT2D eigenvalue weighted by Gasteiger charge is -2.54. The summed E-state index contributed by atoms with van der Waals surface area (Å²) in [4.78, 5) is 0. The molecule has 0 aliphatic carbocycles. The molecule has 2 fully saturated rings. The third kappa shape index (κ3) is 3.67. The fourth-order valence-corrected chi connectivity index (χ4v) is 13.1. The highest BCUT2D eigenvalue weighted by molar-refractivity contribution is 7.74. The summed E-state index contributed by atoms with van der Waals surface area (Å²) in [7, 11) is 0.0316. The highest BCUT2D eigenvalue weighted by Crippen LogP contribution is 2.67. The number of benzene rings is 1. The molecule has 0 amide bonds. The van der Waals surface area contributed by atoms with E-state index in [0.717, 1.165) is 46.3 Å². The topological polar surface area (TPSA) is 0 Å². The average Bonchev–Trinajstić information content (AvgIpc) is 2.45. The van der Waals surface area contributed by atoms with Crippen molar-refractivity contribution in [3.05, 3.63) is 24.3 Å². The quantitative estimate of drug-likeness (QED) is 0.468. The molecule has 0 nitrogen and oxygen atoms in total. The first kappa shape index (κ1) is 20.8. The molecular weight excluding hydrogens is 350 g/mol. The minimum atomic E-state index is 0.0158. The van der Waals surface area contributed by atoms with Crippen LogP contribution in [0.4, 0.5) is 0 Å². The summed E-state index contributed by atoms with van der Waals surface area (Å²) in [5.41, 5.74) is 3.80. The summed E-state index contributed by atoms with van der Waals surface area (Å²) in [6.45, 7) is 19.7. The van der Waals surface area contributed by atoms with E-state index in [1.54, 1.807) is 0 Å². The van der Waals surface area contributed by atoms with Gasteiger partial charge in [0, 0.05) is 0 Å². The summed E-state index contributed by atoms with van der Waals surface area (Å²) in [6, 6.07) is 9.75. The van der Waals surface area contributed by atoms with Crippen molar-refractivity contribution in [3.63, 3.8) is 0 Å². The zero-order chi connectivity index (χ0) is 19.2. The van der Waals surface area contributed by atoms with Crippen molar-refractivity contribution in [3.8, 4) is 0 Å². The van der Waals surface area contributed by atoms with Crippen molar-refractivity contribution >= 4 is 26.5 Å². The smallest absolute Gasteiger partial charge is 0.0137 e. The Balaban J connectivity index is 1.99. The highest BCUT2D eigenvalue weighted by Gasteiger charge is 2.49. The maximum Gasteiger partial charge on any atom is -0.0137 e. The molecule has 2 heterocycles. The molecule has 1 aromatic carbocycles. The molecule has 4 unspecified atom stereocenters. The van der Waals surface area contributed by atoms with Gasteiger partial charge in [0.05, 0.1) is 0 Å². The fraction of sp³-hybridized carbons (Fsp3) is 0.750. The molecule has 4 atom stereocenters. The number of rotatable bonds is 6. The molecule has 0 radical (unpaired) electrons. The van der Waals surface area contributed by atoms with E-state index >= 15 is 0 Å². The van der Waals surface area contributed by atoms with E-state index in [1.165, 1.54) is 12.8 Å². The maximum absolute atomic E-state index is 2.54. The Bertz CT molecular complexity index is 523. The molecule has 146 valence electrons. The van der Waals surface area contributed by atoms with Crippen molar-refractivity contribution in [1.82, 2.24) is 0 Å². The first-order valence-corrected chi connectivity index (χ1v) is 13.9. The Morgan fingerprint density at radius 3 is 1.08 bits per heavy atom. The second-order valence-electron chi connectivity index (χ2n) is 10.0. The van der Waals surface area contributed by atoms with Gasteiger partial charge >= 0.3 is 0 Å². The first-order valence-electron chi connectivity index (χ1n) is 10.9. The Labute approximate surface area is 165 Å². The Morgan fingerprint density at radius 2 is 0.846 bits per heavy atom. The van der Waals surface area contributed by atoms with Crippen LogP contribution < -0.4 is 10.6 Å². The lowest BCUT2D eigenvalue weighted by molar-refractivity contribution is 0.447. The minimum absolute atomic E-state index is 0.0158. The zero-order valence-corrected chi connectivity index (χ0v) is 20.0. The van der Waals surface area contributed by atoms with Crippen LogP contribution in [0.3, 0.4) is 0 Å². The van der Waals surface area contributed by atoms with Crippen LogP contribution in [-0.4, -0.2) is 22.6 Å². The van der Waals surface area contributed by atoms with Crippen LogP contribution in [0.25, 0.3) is 0 Å². The SMILES string of the molecule is CC(C)C1CC(C(C)C)P1c1ccccc1P1C(C(C)C)CC1C(C)C. The summed E-state index contributed by atoms with van der Waals surface area (Å²) >= 11 is 0. The summed E-state index contributed by atoms with van der Waals surface area (Å²) in [5, 5.41) is 3.63. The van der Waals surface area contributed by atoms with Crippen LogP contribution in [-0.2, 0) is 0 Å². The molecule has 0 saturated carbocycles. The second kappa shape index (κ2) is 8.21. The number of hydrogen-bond donors (Lipinski definition) is 0. The van der Waals surface area contributed by atoms with Gasteiger partial charge < -0.3 is 0 Å². The monoisotopic (exact) mass is 390 g/mol. The summed E-state index contributed by atoms with van der Waals surface area (Å²) < 4.78 is 0. The Hall–Kier alpha value is 0.0800. The third-order valence-corrected chi connectivity index (χ3v) is 15.1. The van der Waals surface area contributed by atoms with Crippen LogP contribution >= 0.6 is 15.8 Å². The van der Waals surface area contributed by atoms with E-state index < -0.39 is 0 Å². The first-order chi connectivity index (χ1) is 12.2. The van der Waals surface area contributed by atoms with Gasteiger partial charge in [-0.2, -0.15) is 0 Å². The van der Waals surface area contributed by atoms with Gasteiger partial charge in [-0.25, -0.2) is 0 Å². The third-order valence-electron chi connectivity index (χ3n) is 6.91. The second-order valence-corrected chi connectivity index (χ2v) is 15.3. The summed E-state index contributed by atoms with van der Waals surface area (Å²) in [6.07, 6.45) is 2.93. The normalized spacial score (nSPS) is 34.5. The molecule has 0 bridgehead atoms. The Morgan fingerprint density at radius 1 is 0.577 bits per heavy atom. The lowest BCUT2D eigenvalue weighted by Crippen LogP contribution is -2.48. The van der Waals surface area contributed by atoms with Crippen LogP contribution in [0.2, 0.25) is 0 Å². The molecule has 0 N–H and O–H groups in total. The predicted octanol–water partition coefficient (Wildman–Crippen LogP) is 6.81. The van der Waals surface area contributed by atoms with Gasteiger partial charge in [0.2, 0.25) is 0 Å². The van der Waals surface area contributed by atoms with E-state index in [9.17, 15) is 0 Å². The zero-order valence-electron chi connectivity index (χ0n) is 18.2. The fourth-order valence-electron chi connectivity index (χ4n) is 5.15. The molecule has 2 heteroatoms. The van der Waals surface area contributed by atoms with Crippen LogP contribution in [0.1, 0.15) is 68.2 Å². The van der Waals surface area contributed by atoms with E-state index in [2.05, 4.69) is 79.7 Å². The molecule has 2 saturated heterocycles.